The Morgan fingerprint density at radius 2 is 1.77 bits per heavy atom. The van der Waals surface area contributed by atoms with Crippen LogP contribution >= 0.6 is 0 Å². The van der Waals surface area contributed by atoms with Gasteiger partial charge in [-0.1, -0.05) is 19.9 Å². The summed E-state index contributed by atoms with van der Waals surface area (Å²) in [6.07, 6.45) is -2.94. The number of aliphatic carboxylic acids is 1. The predicted molar refractivity (Wildman–Crippen MR) is 88.1 cm³/mol. The first-order valence-electron chi connectivity index (χ1n) is 7.63. The largest absolute Gasteiger partial charge is 0.490 e. The number of alkyl halides is 3. The molecule has 152 valence electrons. The lowest BCUT2D eigenvalue weighted by molar-refractivity contribution is -0.192. The summed E-state index contributed by atoms with van der Waals surface area (Å²) < 4.78 is 36.9. The van der Waals surface area contributed by atoms with E-state index in [-0.39, 0.29) is 18.4 Å². The van der Waals surface area contributed by atoms with E-state index < -0.39 is 24.2 Å². The Morgan fingerprint density at radius 3 is 2.12 bits per heavy atom. The number of nitrogens with two attached hydrogens (primary N) is 1. The highest BCUT2D eigenvalue weighted by Gasteiger charge is 2.38. The maximum Gasteiger partial charge on any atom is 0.490 e. The number of carbonyl (C=O) groups excluding carboxylic acids is 2. The van der Waals surface area contributed by atoms with Gasteiger partial charge in [-0.3, -0.25) is 9.59 Å². The number of carboxylic acid groups (broad SMARTS) is 1. The van der Waals surface area contributed by atoms with Crippen LogP contribution in [0.2, 0.25) is 0 Å². The molecule has 2 atom stereocenters. The van der Waals surface area contributed by atoms with Crippen molar-refractivity contribution in [2.24, 2.45) is 11.7 Å². The van der Waals surface area contributed by atoms with E-state index in [9.17, 15) is 22.8 Å². The van der Waals surface area contributed by atoms with Crippen LogP contribution in [0.1, 0.15) is 20.3 Å². The molecule has 0 aromatic heterocycles. The number of nitrogens with one attached hydrogen (secondary N) is 2. The summed E-state index contributed by atoms with van der Waals surface area (Å²) in [5, 5.41) is 12.2. The maximum atomic E-state index is 11.9. The quantitative estimate of drug-likeness (QED) is 0.336. The number of hydrogen-bond acceptors (Lipinski definition) is 5. The fraction of sp³-hybridized carbons (Fsp3) is 0.667. The minimum absolute atomic E-state index is 0.0891. The molecule has 0 unspecified atom stereocenters. The van der Waals surface area contributed by atoms with E-state index in [1.807, 2.05) is 13.8 Å². The Balaban J connectivity index is 0. The van der Waals surface area contributed by atoms with Crippen molar-refractivity contribution in [2.45, 2.75) is 38.5 Å². The zero-order valence-electron chi connectivity index (χ0n) is 14.9. The van der Waals surface area contributed by atoms with E-state index in [0.717, 1.165) is 0 Å². The summed E-state index contributed by atoms with van der Waals surface area (Å²) in [6, 6.07) is -1.36. The van der Waals surface area contributed by atoms with Crippen LogP contribution in [0, 0.1) is 5.92 Å². The van der Waals surface area contributed by atoms with Crippen LogP contribution in [-0.4, -0.2) is 61.4 Å². The third kappa shape index (κ3) is 13.2. The summed E-state index contributed by atoms with van der Waals surface area (Å²) >= 11 is 0. The minimum atomic E-state index is -5.08. The van der Waals surface area contributed by atoms with Crippen molar-refractivity contribution in [3.8, 4) is 0 Å². The molecule has 0 aromatic rings. The van der Waals surface area contributed by atoms with Crippen molar-refractivity contribution in [1.82, 2.24) is 10.6 Å². The number of carbonyl (C=O) groups is 3. The van der Waals surface area contributed by atoms with E-state index in [4.69, 9.17) is 20.4 Å². The van der Waals surface area contributed by atoms with Gasteiger partial charge in [0.05, 0.1) is 19.3 Å². The van der Waals surface area contributed by atoms with Gasteiger partial charge in [-0.15, -0.1) is 6.58 Å². The van der Waals surface area contributed by atoms with Gasteiger partial charge in [0, 0.05) is 7.05 Å². The first-order chi connectivity index (χ1) is 11.9. The molecule has 0 saturated carbocycles. The molecule has 0 spiro atoms. The van der Waals surface area contributed by atoms with Crippen molar-refractivity contribution in [1.29, 1.82) is 0 Å². The Labute approximate surface area is 149 Å². The standard InChI is InChI=1S/C13H25N3O3.C2HF3O2/c1-5-6-19-8-11(13(18)15-4)16-12(17)10(14)7-9(2)3;3-2(4,5)1(6)7/h5,9-11H,1,6-8,14H2,2-4H3,(H,15,18)(H,16,17);(H,6,7)/t10-,11+;/m1./s1. The molecule has 11 heteroatoms. The average molecular weight is 385 g/mol. The molecular weight excluding hydrogens is 359 g/mol. The third-order valence-electron chi connectivity index (χ3n) is 2.70. The van der Waals surface area contributed by atoms with Crippen LogP contribution in [0.4, 0.5) is 13.2 Å². The lowest BCUT2D eigenvalue weighted by Gasteiger charge is -2.20. The normalized spacial score (nSPS) is 13.1. The first kappa shape index (κ1) is 26.1. The second-order valence-corrected chi connectivity index (χ2v) is 5.54. The highest BCUT2D eigenvalue weighted by atomic mass is 19.4. The molecule has 0 aromatic carbocycles. The molecule has 0 aliphatic heterocycles. The second-order valence-electron chi connectivity index (χ2n) is 5.54. The molecule has 0 radical (unpaired) electrons. The van der Waals surface area contributed by atoms with Crippen molar-refractivity contribution in [3.63, 3.8) is 0 Å². The van der Waals surface area contributed by atoms with Gasteiger partial charge in [0.1, 0.15) is 6.04 Å². The number of hydrogen-bond donors (Lipinski definition) is 4. The van der Waals surface area contributed by atoms with Gasteiger partial charge < -0.3 is 26.2 Å². The molecular formula is C15H26F3N3O5. The molecule has 0 fully saturated rings. The molecule has 0 aliphatic carbocycles. The van der Waals surface area contributed by atoms with E-state index in [0.29, 0.717) is 18.9 Å². The fourth-order valence-corrected chi connectivity index (χ4v) is 1.52. The Morgan fingerprint density at radius 1 is 1.27 bits per heavy atom. The van der Waals surface area contributed by atoms with Gasteiger partial charge in [-0.2, -0.15) is 13.2 Å². The smallest absolute Gasteiger partial charge is 0.475 e. The maximum absolute atomic E-state index is 11.9. The summed E-state index contributed by atoms with van der Waals surface area (Å²) in [5.74, 6) is -3.10. The summed E-state index contributed by atoms with van der Waals surface area (Å²) in [7, 11) is 1.50. The van der Waals surface area contributed by atoms with Gasteiger partial charge in [0.15, 0.2) is 0 Å². The van der Waals surface area contributed by atoms with Gasteiger partial charge in [0.2, 0.25) is 11.8 Å². The van der Waals surface area contributed by atoms with Gasteiger partial charge >= 0.3 is 12.1 Å². The molecule has 0 saturated heterocycles. The molecule has 2 amide bonds. The highest BCUT2D eigenvalue weighted by molar-refractivity contribution is 5.89. The molecule has 5 N–H and O–H groups in total. The monoisotopic (exact) mass is 385 g/mol. The summed E-state index contributed by atoms with van der Waals surface area (Å²) in [5.41, 5.74) is 5.76. The molecule has 26 heavy (non-hydrogen) atoms. The van der Waals surface area contributed by atoms with Crippen molar-refractivity contribution < 1.29 is 37.4 Å². The fourth-order valence-electron chi connectivity index (χ4n) is 1.52. The Hall–Kier alpha value is -2.14. The van der Waals surface area contributed by atoms with Crippen LogP contribution in [0.15, 0.2) is 12.7 Å². The van der Waals surface area contributed by atoms with Crippen LogP contribution in [0.3, 0.4) is 0 Å². The molecule has 0 aliphatic rings. The third-order valence-corrected chi connectivity index (χ3v) is 2.70. The lowest BCUT2D eigenvalue weighted by Crippen LogP contribution is -2.53. The number of rotatable bonds is 9. The van der Waals surface area contributed by atoms with Gasteiger partial charge in [0.25, 0.3) is 0 Å². The second kappa shape index (κ2) is 13.1. The Bertz CT molecular complexity index is 470. The highest BCUT2D eigenvalue weighted by Crippen LogP contribution is 2.13. The summed E-state index contributed by atoms with van der Waals surface area (Å²) in [6.45, 7) is 7.89. The molecule has 8 nitrogen and oxygen atoms in total. The zero-order valence-corrected chi connectivity index (χ0v) is 14.9. The van der Waals surface area contributed by atoms with Crippen molar-refractivity contribution in [2.75, 3.05) is 20.3 Å². The number of halogens is 3. The molecule has 0 rings (SSSR count). The van der Waals surface area contributed by atoms with Crippen molar-refractivity contribution in [3.05, 3.63) is 12.7 Å². The number of carboxylic acids is 1. The van der Waals surface area contributed by atoms with Crippen LogP contribution in [-0.2, 0) is 19.1 Å². The van der Waals surface area contributed by atoms with E-state index >= 15 is 0 Å². The van der Waals surface area contributed by atoms with Crippen LogP contribution in [0.5, 0.6) is 0 Å². The Kier molecular flexibility index (Phi) is 13.2. The predicted octanol–water partition coefficient (Wildman–Crippen LogP) is 0.427. The SMILES string of the molecule is C=CCOC[C@H](NC(=O)[C@H](N)CC(C)C)C(=O)NC.O=C(O)C(F)(F)F. The van der Waals surface area contributed by atoms with E-state index in [1.165, 1.54) is 7.05 Å². The number of amides is 2. The van der Waals surface area contributed by atoms with Gasteiger partial charge in [-0.05, 0) is 12.3 Å². The number of ether oxygens (including phenoxy) is 1. The number of likely N-dealkylation sites (N-methyl/N-ethyl adjacent to an activating group) is 1. The minimum Gasteiger partial charge on any atom is -0.475 e. The molecule has 0 heterocycles. The van der Waals surface area contributed by atoms with Crippen molar-refractivity contribution >= 4 is 17.8 Å². The molecule has 0 bridgehead atoms. The van der Waals surface area contributed by atoms with Crippen LogP contribution < -0.4 is 16.4 Å². The van der Waals surface area contributed by atoms with E-state index in [2.05, 4.69) is 17.2 Å². The topological polar surface area (TPSA) is 131 Å². The summed E-state index contributed by atoms with van der Waals surface area (Å²) in [4.78, 5) is 32.4. The lowest BCUT2D eigenvalue weighted by atomic mass is 10.0. The van der Waals surface area contributed by atoms with Crippen LogP contribution in [0.25, 0.3) is 0 Å². The van der Waals surface area contributed by atoms with Gasteiger partial charge in [-0.25, -0.2) is 4.79 Å². The van der Waals surface area contributed by atoms with E-state index in [1.54, 1.807) is 6.08 Å². The first-order valence-corrected chi connectivity index (χ1v) is 7.63. The zero-order chi connectivity index (χ0) is 20.9. The average Bonchev–Trinajstić information content (AvgIpc) is 2.52.